The van der Waals surface area contributed by atoms with Crippen LogP contribution < -0.4 is 10.1 Å². The first-order valence-electron chi connectivity index (χ1n) is 10.3. The maximum absolute atomic E-state index is 14.5. The molecule has 3 aromatic carbocycles. The average Bonchev–Trinajstić information content (AvgIpc) is 3.13. The van der Waals surface area contributed by atoms with Crippen molar-refractivity contribution in [3.8, 4) is 5.75 Å². The van der Waals surface area contributed by atoms with Crippen molar-refractivity contribution in [1.29, 1.82) is 0 Å². The average molecular weight is 474 g/mol. The number of ketones is 1. The minimum Gasteiger partial charge on any atom is -0.491 e. The SMILES string of the molecule is CC1(C)OCC(COc2ccc(F)c(C(=O)c3ccc(Nc4ccc(F)cc4)cc3Cl)c2)O1. The fourth-order valence-corrected chi connectivity index (χ4v) is 3.69. The Bertz CT molecular complexity index is 1170. The molecule has 0 spiro atoms. The van der Waals surface area contributed by atoms with Gasteiger partial charge in [-0.05, 0) is 74.5 Å². The van der Waals surface area contributed by atoms with E-state index in [9.17, 15) is 13.6 Å². The number of carbonyl (C=O) groups excluding carboxylic acids is 1. The van der Waals surface area contributed by atoms with E-state index in [1.165, 1.54) is 36.4 Å². The van der Waals surface area contributed by atoms with E-state index in [0.717, 1.165) is 0 Å². The largest absolute Gasteiger partial charge is 0.491 e. The van der Waals surface area contributed by atoms with Gasteiger partial charge in [0.2, 0.25) is 0 Å². The Labute approximate surface area is 195 Å². The Kier molecular flexibility index (Phi) is 6.65. The Morgan fingerprint density at radius 2 is 1.79 bits per heavy atom. The molecule has 0 bridgehead atoms. The predicted octanol–water partition coefficient (Wildman–Crippen LogP) is 6.12. The van der Waals surface area contributed by atoms with Gasteiger partial charge in [-0.3, -0.25) is 4.79 Å². The first-order chi connectivity index (χ1) is 15.7. The maximum Gasteiger partial charge on any atom is 0.197 e. The summed E-state index contributed by atoms with van der Waals surface area (Å²) >= 11 is 6.33. The molecule has 1 aliphatic heterocycles. The molecule has 172 valence electrons. The van der Waals surface area contributed by atoms with Crippen molar-refractivity contribution < 1.29 is 27.8 Å². The molecular weight excluding hydrogens is 452 g/mol. The molecule has 1 unspecified atom stereocenters. The molecule has 0 aliphatic carbocycles. The number of rotatable bonds is 7. The Hall–Kier alpha value is -3.00. The summed E-state index contributed by atoms with van der Waals surface area (Å²) < 4.78 is 44.4. The lowest BCUT2D eigenvalue weighted by Crippen LogP contribution is -2.25. The van der Waals surface area contributed by atoms with E-state index in [-0.39, 0.29) is 34.7 Å². The molecule has 0 amide bonds. The zero-order chi connectivity index (χ0) is 23.6. The molecule has 1 atom stereocenters. The summed E-state index contributed by atoms with van der Waals surface area (Å²) in [6.07, 6.45) is -0.264. The Balaban J connectivity index is 1.47. The second-order valence-electron chi connectivity index (χ2n) is 8.06. The van der Waals surface area contributed by atoms with Crippen LogP contribution in [0.3, 0.4) is 0 Å². The molecule has 3 aromatic rings. The van der Waals surface area contributed by atoms with Gasteiger partial charge in [0.1, 0.15) is 30.1 Å². The molecule has 0 radical (unpaired) electrons. The molecule has 4 rings (SSSR count). The highest BCUT2D eigenvalue weighted by molar-refractivity contribution is 6.35. The number of hydrogen-bond acceptors (Lipinski definition) is 5. The molecule has 0 saturated carbocycles. The van der Waals surface area contributed by atoms with E-state index >= 15 is 0 Å². The van der Waals surface area contributed by atoms with E-state index in [4.69, 9.17) is 25.8 Å². The van der Waals surface area contributed by atoms with Crippen LogP contribution in [0.5, 0.6) is 5.75 Å². The third-order valence-corrected chi connectivity index (χ3v) is 5.34. The van der Waals surface area contributed by atoms with Gasteiger partial charge in [-0.25, -0.2) is 8.78 Å². The van der Waals surface area contributed by atoms with E-state index in [1.54, 1.807) is 24.3 Å². The van der Waals surface area contributed by atoms with Crippen LogP contribution >= 0.6 is 11.6 Å². The van der Waals surface area contributed by atoms with Gasteiger partial charge in [0.25, 0.3) is 0 Å². The third-order valence-electron chi connectivity index (χ3n) is 5.03. The minimum absolute atomic E-state index is 0.145. The lowest BCUT2D eigenvalue weighted by molar-refractivity contribution is -0.141. The van der Waals surface area contributed by atoms with Crippen LogP contribution in [0.4, 0.5) is 20.2 Å². The summed E-state index contributed by atoms with van der Waals surface area (Å²) in [5.41, 5.74) is 1.24. The molecule has 0 aromatic heterocycles. The van der Waals surface area contributed by atoms with Crippen LogP contribution in [-0.2, 0) is 9.47 Å². The summed E-state index contributed by atoms with van der Waals surface area (Å²) in [6, 6.07) is 14.5. The summed E-state index contributed by atoms with van der Waals surface area (Å²) in [5.74, 6) is -1.94. The van der Waals surface area contributed by atoms with Crippen molar-refractivity contribution in [2.75, 3.05) is 18.5 Å². The van der Waals surface area contributed by atoms with E-state index in [2.05, 4.69) is 5.32 Å². The highest BCUT2D eigenvalue weighted by atomic mass is 35.5. The molecule has 8 heteroatoms. The van der Waals surface area contributed by atoms with Gasteiger partial charge in [-0.2, -0.15) is 0 Å². The first kappa shape index (κ1) is 23.2. The molecular formula is C25H22ClF2NO4. The normalized spacial score (nSPS) is 17.1. The lowest BCUT2D eigenvalue weighted by Gasteiger charge is -2.17. The van der Waals surface area contributed by atoms with Gasteiger partial charge in [0.05, 0.1) is 17.2 Å². The minimum atomic E-state index is -0.682. The van der Waals surface area contributed by atoms with Crippen molar-refractivity contribution in [3.63, 3.8) is 0 Å². The van der Waals surface area contributed by atoms with E-state index in [1.807, 2.05) is 13.8 Å². The monoisotopic (exact) mass is 473 g/mol. The van der Waals surface area contributed by atoms with Crippen molar-refractivity contribution in [2.24, 2.45) is 0 Å². The number of halogens is 3. The van der Waals surface area contributed by atoms with Crippen molar-refractivity contribution in [3.05, 3.63) is 88.4 Å². The molecule has 1 aliphatic rings. The molecule has 1 N–H and O–H groups in total. The molecule has 1 saturated heterocycles. The Morgan fingerprint density at radius 3 is 2.45 bits per heavy atom. The second kappa shape index (κ2) is 9.47. The first-order valence-corrected chi connectivity index (χ1v) is 10.7. The molecule has 1 heterocycles. The third kappa shape index (κ3) is 5.68. The smallest absolute Gasteiger partial charge is 0.197 e. The number of anilines is 2. The van der Waals surface area contributed by atoms with Gasteiger partial charge < -0.3 is 19.5 Å². The molecule has 5 nitrogen and oxygen atoms in total. The number of benzene rings is 3. The second-order valence-corrected chi connectivity index (χ2v) is 8.47. The van der Waals surface area contributed by atoms with Crippen molar-refractivity contribution in [2.45, 2.75) is 25.7 Å². The van der Waals surface area contributed by atoms with Crippen LogP contribution in [-0.4, -0.2) is 30.9 Å². The maximum atomic E-state index is 14.5. The molecule has 1 fully saturated rings. The summed E-state index contributed by atoms with van der Waals surface area (Å²) in [5, 5.41) is 3.22. The van der Waals surface area contributed by atoms with Crippen molar-refractivity contribution >= 4 is 28.8 Å². The van der Waals surface area contributed by atoms with Crippen LogP contribution in [0.15, 0.2) is 60.7 Å². The Morgan fingerprint density at radius 1 is 1.06 bits per heavy atom. The number of nitrogens with one attached hydrogen (secondary N) is 1. The van der Waals surface area contributed by atoms with Gasteiger partial charge in [0.15, 0.2) is 11.6 Å². The van der Waals surface area contributed by atoms with Gasteiger partial charge >= 0.3 is 0 Å². The van der Waals surface area contributed by atoms with Gasteiger partial charge in [-0.15, -0.1) is 0 Å². The van der Waals surface area contributed by atoms with E-state index < -0.39 is 17.4 Å². The molecule has 33 heavy (non-hydrogen) atoms. The quantitative estimate of drug-likeness (QED) is 0.419. The fourth-order valence-electron chi connectivity index (χ4n) is 3.42. The predicted molar refractivity (Wildman–Crippen MR) is 121 cm³/mol. The van der Waals surface area contributed by atoms with Crippen molar-refractivity contribution in [1.82, 2.24) is 0 Å². The number of carbonyl (C=O) groups is 1. The zero-order valence-corrected chi connectivity index (χ0v) is 18.8. The van der Waals surface area contributed by atoms with Gasteiger partial charge in [-0.1, -0.05) is 11.6 Å². The summed E-state index contributed by atoms with van der Waals surface area (Å²) in [4.78, 5) is 13.0. The number of hydrogen-bond donors (Lipinski definition) is 1. The highest BCUT2D eigenvalue weighted by Crippen LogP contribution is 2.28. The highest BCUT2D eigenvalue weighted by Gasteiger charge is 2.33. The topological polar surface area (TPSA) is 56.8 Å². The van der Waals surface area contributed by atoms with Crippen LogP contribution in [0, 0.1) is 11.6 Å². The summed E-state index contributed by atoms with van der Waals surface area (Å²) in [7, 11) is 0. The van der Waals surface area contributed by atoms with Crippen LogP contribution in [0.25, 0.3) is 0 Å². The van der Waals surface area contributed by atoms with Gasteiger partial charge in [0, 0.05) is 16.9 Å². The lowest BCUT2D eigenvalue weighted by atomic mass is 10.0. The zero-order valence-electron chi connectivity index (χ0n) is 18.0. The summed E-state index contributed by atoms with van der Waals surface area (Å²) in [6.45, 7) is 4.21. The fraction of sp³-hybridized carbons (Fsp3) is 0.240. The van der Waals surface area contributed by atoms with E-state index in [0.29, 0.717) is 23.7 Å². The number of ether oxygens (including phenoxy) is 3. The van der Waals surface area contributed by atoms with Crippen LogP contribution in [0.1, 0.15) is 29.8 Å². The van der Waals surface area contributed by atoms with Crippen LogP contribution in [0.2, 0.25) is 5.02 Å². The standard InChI is InChI=1S/C25H22ClF2NO4/c1-25(2)32-14-19(33-25)13-31-18-8-10-23(28)21(12-18)24(30)20-9-7-17(11-22(20)26)29-16-5-3-15(27)4-6-16/h3-12,19,29H,13-14H2,1-2H3.